The third kappa shape index (κ3) is 4.08. The molecule has 2 N–H and O–H groups in total. The molecule has 1 amide bonds. The first kappa shape index (κ1) is 16.0. The number of carboxylic acids is 1. The maximum absolute atomic E-state index is 12.2. The van der Waals surface area contributed by atoms with Crippen LogP contribution in [0.25, 0.3) is 11.3 Å². The number of H-pyrrole nitrogens is 1. The SMILES string of the molecule is CN(CCCC(=O)O)C(=O)c1cc(-c2ccc(Cl)cc2)n[nH]1. The second-order valence-corrected chi connectivity index (χ2v) is 5.33. The lowest BCUT2D eigenvalue weighted by Crippen LogP contribution is -2.28. The van der Waals surface area contributed by atoms with Gasteiger partial charge in [0, 0.05) is 30.6 Å². The van der Waals surface area contributed by atoms with Crippen LogP contribution in [0.5, 0.6) is 0 Å². The lowest BCUT2D eigenvalue weighted by atomic mass is 10.1. The van der Waals surface area contributed by atoms with Gasteiger partial charge in [-0.05, 0) is 24.6 Å². The predicted octanol–water partition coefficient (Wildman–Crippen LogP) is 2.67. The van der Waals surface area contributed by atoms with Crippen LogP contribution in [0.4, 0.5) is 0 Å². The molecule has 1 aromatic carbocycles. The summed E-state index contributed by atoms with van der Waals surface area (Å²) in [5, 5.41) is 16.1. The normalized spacial score (nSPS) is 10.5. The molecule has 0 spiro atoms. The van der Waals surface area contributed by atoms with Crippen molar-refractivity contribution in [3.8, 4) is 11.3 Å². The van der Waals surface area contributed by atoms with Crippen molar-refractivity contribution in [2.75, 3.05) is 13.6 Å². The number of rotatable bonds is 6. The van der Waals surface area contributed by atoms with Gasteiger partial charge in [-0.15, -0.1) is 0 Å². The van der Waals surface area contributed by atoms with Gasteiger partial charge in [0.2, 0.25) is 0 Å². The number of carboxylic acid groups (broad SMARTS) is 1. The maximum Gasteiger partial charge on any atom is 0.303 e. The number of aromatic amines is 1. The molecule has 1 heterocycles. The first-order chi connectivity index (χ1) is 10.5. The molecule has 0 aliphatic heterocycles. The Balaban J connectivity index is 2.02. The smallest absolute Gasteiger partial charge is 0.303 e. The Hall–Kier alpha value is -2.34. The largest absolute Gasteiger partial charge is 0.481 e. The molecule has 2 rings (SSSR count). The van der Waals surface area contributed by atoms with Crippen LogP contribution in [0.1, 0.15) is 23.3 Å². The predicted molar refractivity (Wildman–Crippen MR) is 82.9 cm³/mol. The molecular weight excluding hydrogens is 306 g/mol. The van der Waals surface area contributed by atoms with Crippen molar-refractivity contribution in [3.05, 3.63) is 41.0 Å². The van der Waals surface area contributed by atoms with E-state index in [1.807, 2.05) is 12.1 Å². The number of hydrogen-bond acceptors (Lipinski definition) is 3. The maximum atomic E-state index is 12.2. The van der Waals surface area contributed by atoms with Gasteiger partial charge in [-0.3, -0.25) is 14.7 Å². The number of amides is 1. The molecule has 0 radical (unpaired) electrons. The summed E-state index contributed by atoms with van der Waals surface area (Å²) in [5.41, 5.74) is 1.87. The Labute approximate surface area is 132 Å². The number of carbonyl (C=O) groups excluding carboxylic acids is 1. The van der Waals surface area contributed by atoms with Crippen LogP contribution in [0, 0.1) is 0 Å². The summed E-state index contributed by atoms with van der Waals surface area (Å²) >= 11 is 5.84. The third-order valence-electron chi connectivity index (χ3n) is 3.18. The number of carbonyl (C=O) groups is 2. The summed E-state index contributed by atoms with van der Waals surface area (Å²) in [7, 11) is 1.63. The zero-order chi connectivity index (χ0) is 16.1. The highest BCUT2D eigenvalue weighted by atomic mass is 35.5. The van der Waals surface area contributed by atoms with E-state index in [-0.39, 0.29) is 12.3 Å². The highest BCUT2D eigenvalue weighted by molar-refractivity contribution is 6.30. The highest BCUT2D eigenvalue weighted by Crippen LogP contribution is 2.20. The minimum absolute atomic E-state index is 0.0383. The van der Waals surface area contributed by atoms with Crippen LogP contribution in [-0.4, -0.2) is 45.7 Å². The zero-order valence-electron chi connectivity index (χ0n) is 12.0. The van der Waals surface area contributed by atoms with Crippen molar-refractivity contribution >= 4 is 23.5 Å². The summed E-state index contributed by atoms with van der Waals surface area (Å²) in [4.78, 5) is 24.2. The minimum Gasteiger partial charge on any atom is -0.481 e. The first-order valence-electron chi connectivity index (χ1n) is 6.76. The van der Waals surface area contributed by atoms with E-state index < -0.39 is 5.97 Å². The van der Waals surface area contributed by atoms with Crippen LogP contribution < -0.4 is 0 Å². The molecule has 0 saturated heterocycles. The zero-order valence-corrected chi connectivity index (χ0v) is 12.8. The molecule has 0 atom stereocenters. The summed E-state index contributed by atoms with van der Waals surface area (Å²) in [6.45, 7) is 0.375. The van der Waals surface area contributed by atoms with Gasteiger partial charge in [-0.25, -0.2) is 0 Å². The van der Waals surface area contributed by atoms with Crippen LogP contribution in [-0.2, 0) is 4.79 Å². The first-order valence-corrected chi connectivity index (χ1v) is 7.14. The summed E-state index contributed by atoms with van der Waals surface area (Å²) in [6.07, 6.45) is 0.451. The fourth-order valence-electron chi connectivity index (χ4n) is 1.97. The molecule has 0 saturated carbocycles. The summed E-state index contributed by atoms with van der Waals surface area (Å²) < 4.78 is 0. The van der Waals surface area contributed by atoms with E-state index in [1.165, 1.54) is 4.90 Å². The molecule has 0 unspecified atom stereocenters. The second-order valence-electron chi connectivity index (χ2n) is 4.90. The Kier molecular flexibility index (Phi) is 5.16. The van der Waals surface area contributed by atoms with E-state index in [0.717, 1.165) is 5.56 Å². The second kappa shape index (κ2) is 7.09. The number of benzene rings is 1. The fourth-order valence-corrected chi connectivity index (χ4v) is 2.10. The minimum atomic E-state index is -0.868. The van der Waals surface area contributed by atoms with Gasteiger partial charge in [0.15, 0.2) is 0 Å². The molecule has 7 heteroatoms. The summed E-state index contributed by atoms with van der Waals surface area (Å²) in [6, 6.07) is 8.82. The van der Waals surface area contributed by atoms with Crippen molar-refractivity contribution < 1.29 is 14.7 Å². The van der Waals surface area contributed by atoms with Crippen molar-refractivity contribution in [1.82, 2.24) is 15.1 Å². The number of halogens is 1. The van der Waals surface area contributed by atoms with E-state index in [9.17, 15) is 9.59 Å². The van der Waals surface area contributed by atoms with E-state index in [2.05, 4.69) is 10.2 Å². The molecule has 0 aliphatic carbocycles. The molecule has 1 aromatic heterocycles. The standard InChI is InChI=1S/C15H16ClN3O3/c1-19(8-2-3-14(20)21)15(22)13-9-12(17-18-13)10-4-6-11(16)7-5-10/h4-7,9H,2-3,8H2,1H3,(H,17,18)(H,20,21). The van der Waals surface area contributed by atoms with Crippen molar-refractivity contribution in [1.29, 1.82) is 0 Å². The number of aromatic nitrogens is 2. The van der Waals surface area contributed by atoms with E-state index in [1.54, 1.807) is 25.2 Å². The van der Waals surface area contributed by atoms with Crippen molar-refractivity contribution in [3.63, 3.8) is 0 Å². The van der Waals surface area contributed by atoms with Gasteiger partial charge in [0.25, 0.3) is 5.91 Å². The molecule has 0 aliphatic rings. The van der Waals surface area contributed by atoms with Crippen LogP contribution >= 0.6 is 11.6 Å². The van der Waals surface area contributed by atoms with Crippen LogP contribution in [0.2, 0.25) is 5.02 Å². The van der Waals surface area contributed by atoms with E-state index in [4.69, 9.17) is 16.7 Å². The summed E-state index contributed by atoms with van der Waals surface area (Å²) in [5.74, 6) is -1.09. The Morgan fingerprint density at radius 1 is 1.32 bits per heavy atom. The van der Waals surface area contributed by atoms with Gasteiger partial charge in [0.1, 0.15) is 5.69 Å². The Bertz CT molecular complexity index is 667. The highest BCUT2D eigenvalue weighted by Gasteiger charge is 2.15. The van der Waals surface area contributed by atoms with Crippen LogP contribution in [0.15, 0.2) is 30.3 Å². The monoisotopic (exact) mass is 321 g/mol. The Morgan fingerprint density at radius 3 is 2.64 bits per heavy atom. The molecule has 0 fully saturated rings. The quantitative estimate of drug-likeness (QED) is 0.856. The molecule has 0 bridgehead atoms. The molecule has 22 heavy (non-hydrogen) atoms. The van der Waals surface area contributed by atoms with Gasteiger partial charge in [-0.2, -0.15) is 5.10 Å². The van der Waals surface area contributed by atoms with E-state index >= 15 is 0 Å². The van der Waals surface area contributed by atoms with E-state index in [0.29, 0.717) is 29.4 Å². The molecular formula is C15H16ClN3O3. The van der Waals surface area contributed by atoms with Gasteiger partial charge in [0.05, 0.1) is 5.69 Å². The third-order valence-corrected chi connectivity index (χ3v) is 3.43. The number of nitrogens with zero attached hydrogens (tertiary/aromatic N) is 2. The lowest BCUT2D eigenvalue weighted by molar-refractivity contribution is -0.137. The number of hydrogen-bond donors (Lipinski definition) is 2. The molecule has 116 valence electrons. The van der Waals surface area contributed by atoms with Gasteiger partial charge >= 0.3 is 5.97 Å². The lowest BCUT2D eigenvalue weighted by Gasteiger charge is -2.15. The number of aliphatic carboxylic acids is 1. The molecule has 2 aromatic rings. The Morgan fingerprint density at radius 2 is 2.00 bits per heavy atom. The average Bonchev–Trinajstić information content (AvgIpc) is 2.96. The fraction of sp³-hybridized carbons (Fsp3) is 0.267. The number of nitrogens with one attached hydrogen (secondary N) is 1. The molecule has 6 nitrogen and oxygen atoms in total. The van der Waals surface area contributed by atoms with Gasteiger partial charge in [-0.1, -0.05) is 23.7 Å². The van der Waals surface area contributed by atoms with Crippen molar-refractivity contribution in [2.24, 2.45) is 0 Å². The van der Waals surface area contributed by atoms with Gasteiger partial charge < -0.3 is 10.0 Å². The van der Waals surface area contributed by atoms with Crippen LogP contribution in [0.3, 0.4) is 0 Å². The van der Waals surface area contributed by atoms with Crippen molar-refractivity contribution in [2.45, 2.75) is 12.8 Å². The average molecular weight is 322 g/mol. The topological polar surface area (TPSA) is 86.3 Å².